The van der Waals surface area contributed by atoms with Crippen LogP contribution in [0.3, 0.4) is 0 Å². The van der Waals surface area contributed by atoms with Crippen molar-refractivity contribution in [2.75, 3.05) is 31.1 Å². The Morgan fingerprint density at radius 1 is 0.944 bits per heavy atom. The number of hydrogen-bond donors (Lipinski definition) is 9. The molecule has 4 saturated carbocycles. The van der Waals surface area contributed by atoms with Crippen LogP contribution in [0.2, 0.25) is 0 Å². The Labute approximate surface area is 430 Å². The minimum Gasteiger partial charge on any atom is -0.504 e. The van der Waals surface area contributed by atoms with Crippen molar-refractivity contribution in [3.63, 3.8) is 0 Å². The molecule has 11 unspecified atom stereocenters. The van der Waals surface area contributed by atoms with Gasteiger partial charge in [-0.1, -0.05) is 84.1 Å². The summed E-state index contributed by atoms with van der Waals surface area (Å²) in [6.07, 6.45) is 22.0. The summed E-state index contributed by atoms with van der Waals surface area (Å²) < 4.78 is 12.9. The van der Waals surface area contributed by atoms with Gasteiger partial charge in [0.25, 0.3) is 0 Å². The predicted molar refractivity (Wildman–Crippen MR) is 281 cm³/mol. The van der Waals surface area contributed by atoms with E-state index in [9.17, 15) is 30.3 Å². The Balaban J connectivity index is 1.12. The van der Waals surface area contributed by atoms with Crippen LogP contribution in [0, 0.1) is 45.3 Å². The molecule has 0 aromatic heterocycles. The summed E-state index contributed by atoms with van der Waals surface area (Å²) in [6.45, 7) is 3.68. The van der Waals surface area contributed by atoms with Gasteiger partial charge in [-0.2, -0.15) is 0 Å². The van der Waals surface area contributed by atoms with E-state index in [1.807, 2.05) is 27.7 Å². The summed E-state index contributed by atoms with van der Waals surface area (Å²) in [4.78, 5) is 18.5. The third-order valence-electron chi connectivity index (χ3n) is 20.0. The van der Waals surface area contributed by atoms with Gasteiger partial charge in [0, 0.05) is 67.3 Å². The van der Waals surface area contributed by atoms with E-state index in [2.05, 4.69) is 33.9 Å². The van der Waals surface area contributed by atoms with Crippen LogP contribution in [-0.4, -0.2) is 110 Å². The van der Waals surface area contributed by atoms with Crippen LogP contribution < -0.4 is 26.4 Å². The first-order valence-corrected chi connectivity index (χ1v) is 30.1. The molecule has 6 aliphatic carbocycles. The van der Waals surface area contributed by atoms with Gasteiger partial charge in [0.05, 0.1) is 29.2 Å². The molecule has 10 rings (SSSR count). The number of benzene rings is 1. The average Bonchev–Trinajstić information content (AvgIpc) is 4.09. The summed E-state index contributed by atoms with van der Waals surface area (Å²) >= 11 is 0. The first-order chi connectivity index (χ1) is 34.2. The van der Waals surface area contributed by atoms with Crippen molar-refractivity contribution in [1.82, 2.24) is 16.0 Å². The number of rotatable bonds is 2. The van der Waals surface area contributed by atoms with Gasteiger partial charge in [0.2, 0.25) is 0 Å². The van der Waals surface area contributed by atoms with E-state index in [4.69, 9.17) is 20.2 Å². The summed E-state index contributed by atoms with van der Waals surface area (Å²) in [5.74, 6) is 8.49. The molecule has 71 heavy (non-hydrogen) atoms. The normalized spacial score (nSPS) is 39.5. The van der Waals surface area contributed by atoms with Crippen molar-refractivity contribution in [2.24, 2.45) is 44.2 Å². The number of nitrogens with zero attached hydrogens (tertiary/aromatic N) is 1. The second-order valence-corrected chi connectivity index (χ2v) is 26.6. The van der Waals surface area contributed by atoms with Crippen molar-refractivity contribution in [3.05, 3.63) is 35.4 Å². The fourth-order valence-electron chi connectivity index (χ4n) is 16.7. The number of ether oxygens (including phenoxy) is 2. The molecule has 6 spiro atoms. The molecule has 0 radical (unpaired) electrons. The SMILES string of the molecule is CC(=O)OC1CC(O)CCC23C#CC4CCCC5(CNCCSSCC6(CC7(CCCC7)CCC67CCCC76CCCC6)NC(N)=NC2C=CCC3O)CC(CCN5)Oc2cc(c(C(O)O)cc2O)CC41. The number of nitrogens with one attached hydrogen (secondary N) is 3. The highest BCUT2D eigenvalue weighted by molar-refractivity contribution is 8.76. The van der Waals surface area contributed by atoms with Gasteiger partial charge < -0.3 is 56.7 Å². The Bertz CT molecular complexity index is 2200. The van der Waals surface area contributed by atoms with Gasteiger partial charge in [0.1, 0.15) is 12.2 Å². The van der Waals surface area contributed by atoms with Gasteiger partial charge in [0.15, 0.2) is 23.7 Å². The van der Waals surface area contributed by atoms with Crippen LogP contribution in [0.15, 0.2) is 29.3 Å². The number of carbonyl (C=O) groups excluding carboxylic acids is 1. The van der Waals surface area contributed by atoms with Crippen molar-refractivity contribution >= 4 is 33.5 Å². The van der Waals surface area contributed by atoms with E-state index >= 15 is 0 Å². The number of aliphatic hydroxyl groups is 4. The Kier molecular flexibility index (Phi) is 15.4. The smallest absolute Gasteiger partial charge is 0.302 e. The number of esters is 1. The fraction of sp³-hybridized carbons (Fsp3) is 0.786. The lowest BCUT2D eigenvalue weighted by Gasteiger charge is -2.63. The molecule has 1 aromatic rings. The van der Waals surface area contributed by atoms with E-state index in [0.717, 1.165) is 56.8 Å². The molecule has 13 nitrogen and oxygen atoms in total. The van der Waals surface area contributed by atoms with Crippen molar-refractivity contribution in [3.8, 4) is 23.3 Å². The molecule has 5 fully saturated rings. The number of phenolic OH excluding ortho intramolecular Hbond substituents is 1. The van der Waals surface area contributed by atoms with Crippen LogP contribution in [0.4, 0.5) is 0 Å². The van der Waals surface area contributed by atoms with Crippen LogP contribution in [-0.2, 0) is 16.0 Å². The maximum absolute atomic E-state index is 13.0. The second kappa shape index (κ2) is 21.2. The number of hydrogen-bond acceptors (Lipinski definition) is 15. The minimum absolute atomic E-state index is 0.0942. The van der Waals surface area contributed by atoms with Crippen LogP contribution in [0.1, 0.15) is 172 Å². The van der Waals surface area contributed by atoms with Gasteiger partial charge in [-0.25, -0.2) is 4.99 Å². The molecule has 3 heterocycles. The molecule has 15 heteroatoms. The molecule has 392 valence electrons. The zero-order chi connectivity index (χ0) is 49.5. The lowest BCUT2D eigenvalue weighted by Crippen LogP contribution is -2.70. The summed E-state index contributed by atoms with van der Waals surface area (Å²) in [7, 11) is 3.98. The van der Waals surface area contributed by atoms with Crippen molar-refractivity contribution in [1.29, 1.82) is 0 Å². The Morgan fingerprint density at radius 3 is 2.55 bits per heavy atom. The first-order valence-electron chi connectivity index (χ1n) is 27.6. The van der Waals surface area contributed by atoms with Gasteiger partial charge in [-0.3, -0.25) is 4.79 Å². The number of nitrogens with two attached hydrogens (primary N) is 1. The number of fused-ring (bicyclic) bond motifs is 7. The van der Waals surface area contributed by atoms with Crippen LogP contribution >= 0.6 is 21.6 Å². The third-order valence-corrected chi connectivity index (χ3v) is 22.5. The van der Waals surface area contributed by atoms with Gasteiger partial charge in [-0.15, -0.1) is 0 Å². The van der Waals surface area contributed by atoms with Crippen LogP contribution in [0.5, 0.6) is 11.5 Å². The Morgan fingerprint density at radius 2 is 1.75 bits per heavy atom. The van der Waals surface area contributed by atoms with Gasteiger partial charge in [-0.05, 0) is 143 Å². The number of guanidine groups is 1. The average molecular weight is 1020 g/mol. The molecule has 0 amide bonds. The number of piperidine rings is 1. The molecule has 10 N–H and O–H groups in total. The van der Waals surface area contributed by atoms with Gasteiger partial charge >= 0.3 is 5.97 Å². The summed E-state index contributed by atoms with van der Waals surface area (Å²) in [5, 5.41) is 69.6. The van der Waals surface area contributed by atoms with E-state index in [1.165, 1.54) is 96.5 Å². The fourth-order valence-corrected chi connectivity index (χ4v) is 19.2. The zero-order valence-electron chi connectivity index (χ0n) is 42.2. The van der Waals surface area contributed by atoms with E-state index in [1.54, 1.807) is 6.07 Å². The summed E-state index contributed by atoms with van der Waals surface area (Å²) in [6, 6.07) is 2.48. The number of carbonyl (C=O) groups is 1. The number of aromatic hydroxyl groups is 1. The predicted octanol–water partition coefficient (Wildman–Crippen LogP) is 7.46. The Hall–Kier alpha value is -2.68. The highest BCUT2D eigenvalue weighted by atomic mass is 33.1. The highest BCUT2D eigenvalue weighted by Crippen LogP contribution is 2.73. The molecule has 3 aliphatic heterocycles. The maximum Gasteiger partial charge on any atom is 0.302 e. The molecular formula is C56H83N5O8S2. The molecule has 6 bridgehead atoms. The summed E-state index contributed by atoms with van der Waals surface area (Å²) in [5.41, 5.74) is 7.10. The molecule has 1 saturated heterocycles. The molecular weight excluding hydrogens is 935 g/mol. The quantitative estimate of drug-likeness (QED) is 0.0463. The van der Waals surface area contributed by atoms with Crippen molar-refractivity contribution < 1.29 is 39.8 Å². The lowest BCUT2D eigenvalue weighted by molar-refractivity contribution is -0.152. The van der Waals surface area contributed by atoms with E-state index in [0.29, 0.717) is 37.2 Å². The zero-order valence-corrected chi connectivity index (χ0v) is 43.9. The first kappa shape index (κ1) is 51.8. The van der Waals surface area contributed by atoms with E-state index < -0.39 is 53.9 Å². The minimum atomic E-state index is -1.90. The number of phenols is 1. The number of aliphatic hydroxyl groups excluding tert-OH is 3. The van der Waals surface area contributed by atoms with E-state index in [-0.39, 0.29) is 69.8 Å². The highest BCUT2D eigenvalue weighted by Gasteiger charge is 2.68. The number of aliphatic imine (C=N–C) groups is 1. The molecule has 9 aliphatic rings. The molecule has 11 atom stereocenters. The second-order valence-electron chi connectivity index (χ2n) is 24.0. The maximum atomic E-state index is 13.0. The monoisotopic (exact) mass is 1020 g/mol. The van der Waals surface area contributed by atoms with Crippen LogP contribution in [0.25, 0.3) is 0 Å². The standard InChI is InChI=1S/C56H83N5O8S2/c1-37(62)68-45-31-40(63)13-23-54-22-12-38-9-7-20-53(33-41(14-26-59-53)69-46-30-39(29-42(38)45)43(49(66)67)32-44(46)64)35-58-27-28-70-71-36-56(61-50(57)60-47(54)10-6-11-48(54)65)34-51(15-2-3-16-51)24-25-55(56)21-8-19-52(55)17-4-5-18-52/h6,10,30,32,38,40-42,45,47-49,58-59,63-67H,2-5,7-9,11,13-21,23-29,31,33-36H2,1H3,(H3,57,60,61). The molecule has 1 aromatic carbocycles. The van der Waals surface area contributed by atoms with Crippen molar-refractivity contribution in [2.45, 2.75) is 209 Å². The largest absolute Gasteiger partial charge is 0.504 e. The topological polar surface area (TPSA) is 211 Å². The third kappa shape index (κ3) is 10.1. The lowest BCUT2D eigenvalue weighted by atomic mass is 9.46.